The normalized spacial score (nSPS) is 15.0. The number of nitrogens with zero attached hydrogens (tertiary/aromatic N) is 3. The zero-order valence-electron chi connectivity index (χ0n) is 25.9. The second-order valence-corrected chi connectivity index (χ2v) is 12.0. The second-order valence-electron chi connectivity index (χ2n) is 12.0. The van der Waals surface area contributed by atoms with Crippen molar-refractivity contribution in [3.8, 4) is 11.1 Å². The molecule has 2 N–H and O–H groups in total. The van der Waals surface area contributed by atoms with Gasteiger partial charge in [0.2, 0.25) is 5.91 Å². The van der Waals surface area contributed by atoms with Gasteiger partial charge in [-0.05, 0) is 65.4 Å². The van der Waals surface area contributed by atoms with E-state index >= 15 is 4.39 Å². The van der Waals surface area contributed by atoms with E-state index < -0.39 is 29.2 Å². The molecule has 7 nitrogen and oxygen atoms in total. The highest BCUT2D eigenvalue weighted by molar-refractivity contribution is 6.02. The van der Waals surface area contributed by atoms with Crippen LogP contribution in [0.15, 0.2) is 127 Å². The van der Waals surface area contributed by atoms with E-state index in [9.17, 15) is 19.1 Å². The summed E-state index contributed by atoms with van der Waals surface area (Å²) in [7, 11) is 0. The minimum Gasteiger partial charge on any atom is -0.465 e. The summed E-state index contributed by atoms with van der Waals surface area (Å²) in [6, 6.07) is 38.4. The van der Waals surface area contributed by atoms with Crippen molar-refractivity contribution >= 4 is 28.7 Å². The molecule has 48 heavy (non-hydrogen) atoms. The summed E-state index contributed by atoms with van der Waals surface area (Å²) < 4.78 is 31.3. The molecule has 1 aliphatic heterocycles. The molecule has 0 saturated carbocycles. The van der Waals surface area contributed by atoms with Gasteiger partial charge in [-0.15, -0.1) is 0 Å². The predicted octanol–water partition coefficient (Wildman–Crippen LogP) is 8.15. The first-order chi connectivity index (χ1) is 23.4. The largest absolute Gasteiger partial charge is 0.465 e. The number of carbonyl (C=O) groups is 2. The van der Waals surface area contributed by atoms with E-state index in [4.69, 9.17) is 5.10 Å². The SMILES string of the molecule is O=C(Nc1nn(C(c2ccccc2)(c2ccccc2)c2ccccc2)c2ccc(-c3cc(F)ccc3F)cc12)[C@@H]1CCCN(C(=O)O)C1. The third-order valence-corrected chi connectivity index (χ3v) is 9.12. The van der Waals surface area contributed by atoms with Crippen LogP contribution in [0.2, 0.25) is 0 Å². The number of nitrogens with one attached hydrogen (secondary N) is 1. The number of likely N-dealkylation sites (tertiary alicyclic amines) is 1. The van der Waals surface area contributed by atoms with Gasteiger partial charge < -0.3 is 15.3 Å². The van der Waals surface area contributed by atoms with Crippen LogP contribution in [0.4, 0.5) is 19.4 Å². The Morgan fingerprint density at radius 1 is 0.792 bits per heavy atom. The average Bonchev–Trinajstić information content (AvgIpc) is 3.48. The van der Waals surface area contributed by atoms with Crippen LogP contribution in [0.25, 0.3) is 22.0 Å². The highest BCUT2D eigenvalue weighted by Gasteiger charge is 2.41. The van der Waals surface area contributed by atoms with Gasteiger partial charge in [0.1, 0.15) is 17.2 Å². The third-order valence-electron chi connectivity index (χ3n) is 9.12. The lowest BCUT2D eigenvalue weighted by Gasteiger charge is -2.37. The smallest absolute Gasteiger partial charge is 0.407 e. The summed E-state index contributed by atoms with van der Waals surface area (Å²) in [4.78, 5) is 26.8. The molecule has 0 spiro atoms. The fourth-order valence-corrected chi connectivity index (χ4v) is 6.84. The Bertz CT molecular complexity index is 2010. The van der Waals surface area contributed by atoms with Crippen molar-refractivity contribution in [2.75, 3.05) is 18.4 Å². The number of hydrogen-bond donors (Lipinski definition) is 2. The molecule has 0 bridgehead atoms. The van der Waals surface area contributed by atoms with E-state index in [1.807, 2.05) is 102 Å². The van der Waals surface area contributed by atoms with Crippen LogP contribution in [0.5, 0.6) is 0 Å². The Labute approximate surface area is 276 Å². The number of halogens is 2. The van der Waals surface area contributed by atoms with E-state index in [1.54, 1.807) is 12.1 Å². The lowest BCUT2D eigenvalue weighted by atomic mass is 9.77. The fourth-order valence-electron chi connectivity index (χ4n) is 6.84. The van der Waals surface area contributed by atoms with Gasteiger partial charge in [-0.25, -0.2) is 18.3 Å². The van der Waals surface area contributed by atoms with Crippen molar-refractivity contribution in [3.05, 3.63) is 156 Å². The van der Waals surface area contributed by atoms with E-state index in [-0.39, 0.29) is 23.8 Å². The maximum atomic E-state index is 15.1. The summed E-state index contributed by atoms with van der Waals surface area (Å²) in [6.07, 6.45) is 0.0138. The first kappa shape index (κ1) is 30.8. The molecule has 0 unspecified atom stereocenters. The van der Waals surface area contributed by atoms with Crippen LogP contribution in [0, 0.1) is 17.6 Å². The van der Waals surface area contributed by atoms with Gasteiger partial charge in [0.15, 0.2) is 5.82 Å². The minimum absolute atomic E-state index is 0.0710. The minimum atomic E-state index is -1.07. The molecule has 0 radical (unpaired) electrons. The van der Waals surface area contributed by atoms with Gasteiger partial charge in [0, 0.05) is 24.0 Å². The molecule has 0 aliphatic carbocycles. The molecule has 6 aromatic rings. The summed E-state index contributed by atoms with van der Waals surface area (Å²) in [5, 5.41) is 18.3. The van der Waals surface area contributed by atoms with Crippen molar-refractivity contribution < 1.29 is 23.5 Å². The van der Waals surface area contributed by atoms with Crippen LogP contribution in [-0.2, 0) is 10.3 Å². The van der Waals surface area contributed by atoms with Crippen molar-refractivity contribution in [2.24, 2.45) is 5.92 Å². The first-order valence-corrected chi connectivity index (χ1v) is 15.8. The molecule has 5 aromatic carbocycles. The predicted molar refractivity (Wildman–Crippen MR) is 181 cm³/mol. The van der Waals surface area contributed by atoms with Gasteiger partial charge in [0.25, 0.3) is 0 Å². The molecule has 7 rings (SSSR count). The zero-order chi connectivity index (χ0) is 33.3. The van der Waals surface area contributed by atoms with Crippen LogP contribution >= 0.6 is 0 Å². The van der Waals surface area contributed by atoms with Gasteiger partial charge in [-0.3, -0.25) is 4.79 Å². The monoisotopic (exact) mass is 642 g/mol. The summed E-state index contributed by atoms with van der Waals surface area (Å²) in [6.45, 7) is 0.439. The highest BCUT2D eigenvalue weighted by atomic mass is 19.1. The highest BCUT2D eigenvalue weighted by Crippen LogP contribution is 2.44. The van der Waals surface area contributed by atoms with Gasteiger partial charge in [0.05, 0.1) is 11.4 Å². The number of carboxylic acid groups (broad SMARTS) is 1. The topological polar surface area (TPSA) is 87.5 Å². The Morgan fingerprint density at radius 3 is 1.98 bits per heavy atom. The Balaban J connectivity index is 1.49. The second kappa shape index (κ2) is 12.8. The van der Waals surface area contributed by atoms with Gasteiger partial charge in [-0.1, -0.05) is 97.1 Å². The molecule has 1 fully saturated rings. The van der Waals surface area contributed by atoms with E-state index in [1.165, 1.54) is 4.90 Å². The Hall–Kier alpha value is -5.83. The molecule has 1 aromatic heterocycles. The lowest BCUT2D eigenvalue weighted by Crippen LogP contribution is -2.43. The molecule has 9 heteroatoms. The van der Waals surface area contributed by atoms with Gasteiger partial charge in [-0.2, -0.15) is 5.10 Å². The zero-order valence-corrected chi connectivity index (χ0v) is 25.9. The van der Waals surface area contributed by atoms with E-state index in [0.29, 0.717) is 35.9 Å². The van der Waals surface area contributed by atoms with Crippen LogP contribution < -0.4 is 5.32 Å². The third kappa shape index (κ3) is 5.47. The molecule has 2 amide bonds. The molecule has 1 aliphatic rings. The fraction of sp³-hybridized carbons (Fsp3) is 0.154. The van der Waals surface area contributed by atoms with Crippen LogP contribution in [0.3, 0.4) is 0 Å². The summed E-state index contributed by atoms with van der Waals surface area (Å²) in [5.74, 6) is -1.88. The molecular weight excluding hydrogens is 610 g/mol. The molecule has 2 heterocycles. The average molecular weight is 643 g/mol. The number of rotatable bonds is 7. The van der Waals surface area contributed by atoms with E-state index in [2.05, 4.69) is 5.32 Å². The summed E-state index contributed by atoms with van der Waals surface area (Å²) >= 11 is 0. The van der Waals surface area contributed by atoms with Crippen molar-refractivity contribution in [1.29, 1.82) is 0 Å². The van der Waals surface area contributed by atoms with E-state index in [0.717, 1.165) is 34.9 Å². The molecule has 1 saturated heterocycles. The lowest BCUT2D eigenvalue weighted by molar-refractivity contribution is -0.121. The maximum Gasteiger partial charge on any atom is 0.407 e. The number of carbonyl (C=O) groups excluding carboxylic acids is 1. The molecule has 1 atom stereocenters. The van der Waals surface area contributed by atoms with Crippen LogP contribution in [-0.4, -0.2) is 44.9 Å². The van der Waals surface area contributed by atoms with Crippen molar-refractivity contribution in [1.82, 2.24) is 14.7 Å². The van der Waals surface area contributed by atoms with Crippen LogP contribution in [0.1, 0.15) is 29.5 Å². The number of anilines is 1. The van der Waals surface area contributed by atoms with Gasteiger partial charge >= 0.3 is 6.09 Å². The number of amides is 2. The molecular formula is C39H32F2N4O3. The standard InChI is InChI=1S/C39H32F2N4O3/c40-31-19-20-34(41)32(24-31)26-18-21-35-33(23-26)36(42-37(46)27-11-10-22-44(25-27)38(47)48)43-45(35)39(28-12-4-1-5-13-28,29-14-6-2-7-15-29)30-16-8-3-9-17-30/h1-9,12-21,23-24,27H,10-11,22,25H2,(H,47,48)(H,42,43,46)/t27-/m1/s1. The number of fused-ring (bicyclic) bond motifs is 1. The molecule has 240 valence electrons. The Morgan fingerprint density at radius 2 is 1.40 bits per heavy atom. The Kier molecular flexibility index (Phi) is 8.19. The number of benzene rings is 5. The van der Waals surface area contributed by atoms with Crippen molar-refractivity contribution in [3.63, 3.8) is 0 Å². The number of piperidine rings is 1. The maximum absolute atomic E-state index is 15.1. The van der Waals surface area contributed by atoms with Crippen molar-refractivity contribution in [2.45, 2.75) is 18.4 Å². The quantitative estimate of drug-likeness (QED) is 0.172. The number of aromatic nitrogens is 2. The number of hydrogen-bond acceptors (Lipinski definition) is 3. The first-order valence-electron chi connectivity index (χ1n) is 15.8. The summed E-state index contributed by atoms with van der Waals surface area (Å²) in [5.41, 5.74) is 2.83.